The van der Waals surface area contributed by atoms with Gasteiger partial charge in [-0.1, -0.05) is 5.57 Å². The normalized spacial score (nSPS) is 23.5. The predicted octanol–water partition coefficient (Wildman–Crippen LogP) is 3.86. The Labute approximate surface area is 123 Å². The number of hydrogen-bond acceptors (Lipinski definition) is 3. The molecule has 0 bridgehead atoms. The second-order valence-electron chi connectivity index (χ2n) is 5.25. The van der Waals surface area contributed by atoms with Gasteiger partial charge in [0.2, 0.25) is 0 Å². The van der Waals surface area contributed by atoms with Crippen LogP contribution in [0, 0.1) is 0 Å². The van der Waals surface area contributed by atoms with Crippen molar-refractivity contribution in [1.82, 2.24) is 4.98 Å². The molecule has 1 heterocycles. The summed E-state index contributed by atoms with van der Waals surface area (Å²) < 4.78 is 33.3. The van der Waals surface area contributed by atoms with Crippen LogP contribution in [-0.2, 0) is 9.53 Å². The molecule has 1 aliphatic rings. The number of halogens is 2. The number of ether oxygens (including phenoxy) is 1. The van der Waals surface area contributed by atoms with Crippen LogP contribution in [0.15, 0.2) is 35.7 Å². The van der Waals surface area contributed by atoms with Crippen molar-refractivity contribution >= 4 is 5.97 Å². The number of allylic oxidation sites excluding steroid dienone is 1. The van der Waals surface area contributed by atoms with Gasteiger partial charge in [0.1, 0.15) is 0 Å². The van der Waals surface area contributed by atoms with Crippen molar-refractivity contribution in [2.24, 2.45) is 0 Å². The van der Waals surface area contributed by atoms with E-state index in [-0.39, 0.29) is 25.9 Å². The summed E-state index contributed by atoms with van der Waals surface area (Å²) in [5.74, 6) is -4.08. The Hall–Kier alpha value is -1.78. The van der Waals surface area contributed by atoms with E-state index in [1.54, 1.807) is 26.0 Å². The Bertz CT molecular complexity index is 540. The average Bonchev–Trinajstić information content (AvgIpc) is 2.47. The van der Waals surface area contributed by atoms with E-state index in [4.69, 9.17) is 4.74 Å². The lowest BCUT2D eigenvalue weighted by molar-refractivity contribution is -0.138. The minimum Gasteiger partial charge on any atom is -0.463 e. The van der Waals surface area contributed by atoms with Crippen molar-refractivity contribution in [3.8, 4) is 0 Å². The summed E-state index contributed by atoms with van der Waals surface area (Å²) >= 11 is 0. The Balaban J connectivity index is 2.28. The molecule has 1 aromatic rings. The maximum absolute atomic E-state index is 14.2. The minimum absolute atomic E-state index is 0.182. The predicted molar refractivity (Wildman–Crippen MR) is 75.1 cm³/mol. The Morgan fingerprint density at radius 1 is 1.43 bits per heavy atom. The highest BCUT2D eigenvalue weighted by atomic mass is 19.3. The lowest BCUT2D eigenvalue weighted by Gasteiger charge is -2.33. The molecule has 1 atom stereocenters. The molecule has 1 saturated carbocycles. The summed E-state index contributed by atoms with van der Waals surface area (Å²) in [5.41, 5.74) is 1.79. The molecule has 114 valence electrons. The lowest BCUT2D eigenvalue weighted by Crippen LogP contribution is -2.31. The van der Waals surface area contributed by atoms with E-state index in [2.05, 4.69) is 4.98 Å². The molecule has 1 fully saturated rings. The molecule has 1 unspecified atom stereocenters. The van der Waals surface area contributed by atoms with Gasteiger partial charge in [0.25, 0.3) is 5.92 Å². The van der Waals surface area contributed by atoms with Crippen LogP contribution in [0.4, 0.5) is 8.78 Å². The fourth-order valence-electron chi connectivity index (χ4n) is 2.67. The van der Waals surface area contributed by atoms with Crippen molar-refractivity contribution in [2.75, 3.05) is 6.61 Å². The monoisotopic (exact) mass is 295 g/mol. The van der Waals surface area contributed by atoms with Gasteiger partial charge in [0.15, 0.2) is 0 Å². The van der Waals surface area contributed by atoms with Gasteiger partial charge in [-0.3, -0.25) is 4.98 Å². The van der Waals surface area contributed by atoms with Crippen molar-refractivity contribution in [1.29, 1.82) is 0 Å². The summed E-state index contributed by atoms with van der Waals surface area (Å²) in [6, 6.07) is 3.22. The van der Waals surface area contributed by atoms with E-state index >= 15 is 0 Å². The van der Waals surface area contributed by atoms with Crippen LogP contribution in [0.5, 0.6) is 0 Å². The maximum Gasteiger partial charge on any atom is 0.333 e. The van der Waals surface area contributed by atoms with Gasteiger partial charge < -0.3 is 4.74 Å². The number of carbonyl (C=O) groups is 1. The number of nitrogens with zero attached hydrogens (tertiary/aromatic N) is 1. The van der Waals surface area contributed by atoms with Crippen molar-refractivity contribution in [3.05, 3.63) is 41.2 Å². The summed E-state index contributed by atoms with van der Waals surface area (Å²) in [6.07, 6.45) is 3.20. The van der Waals surface area contributed by atoms with Gasteiger partial charge in [-0.2, -0.15) is 0 Å². The van der Waals surface area contributed by atoms with Crippen molar-refractivity contribution < 1.29 is 18.3 Å². The van der Waals surface area contributed by atoms with Gasteiger partial charge in [-0.05, 0) is 44.4 Å². The zero-order valence-corrected chi connectivity index (χ0v) is 12.2. The van der Waals surface area contributed by atoms with Gasteiger partial charge in [0.05, 0.1) is 12.5 Å². The molecule has 5 heteroatoms. The first-order valence-corrected chi connectivity index (χ1v) is 7.09. The number of carbonyl (C=O) groups excluding carboxylic acids is 1. The average molecular weight is 295 g/mol. The third-order valence-electron chi connectivity index (χ3n) is 3.94. The van der Waals surface area contributed by atoms with Gasteiger partial charge in [-0.25, -0.2) is 13.6 Å². The smallest absolute Gasteiger partial charge is 0.333 e. The fraction of sp³-hybridized carbons (Fsp3) is 0.500. The molecule has 0 spiro atoms. The zero-order valence-electron chi connectivity index (χ0n) is 12.2. The standard InChI is InChI=1S/C16H19F2NO2/c1-3-21-15(20)11(2)13-4-7-16(17,18)14(10-13)12-5-8-19-9-6-12/h5-6,8-9,14H,3-4,7,10H2,1-2H3/b13-11+. The first kappa shape index (κ1) is 15.6. The Morgan fingerprint density at radius 3 is 2.71 bits per heavy atom. The van der Waals surface area contributed by atoms with Crippen molar-refractivity contribution in [2.45, 2.75) is 45.0 Å². The highest BCUT2D eigenvalue weighted by Gasteiger charge is 2.44. The van der Waals surface area contributed by atoms with E-state index < -0.39 is 17.8 Å². The topological polar surface area (TPSA) is 39.2 Å². The fourth-order valence-corrected chi connectivity index (χ4v) is 2.67. The minimum atomic E-state index is -2.76. The second kappa shape index (κ2) is 6.33. The molecule has 0 aliphatic heterocycles. The summed E-state index contributed by atoms with van der Waals surface area (Å²) in [6.45, 7) is 3.67. The van der Waals surface area contributed by atoms with Crippen LogP contribution in [0.2, 0.25) is 0 Å². The third kappa shape index (κ3) is 3.46. The number of esters is 1. The number of pyridine rings is 1. The number of hydrogen-bond donors (Lipinski definition) is 0. The van der Waals surface area contributed by atoms with Crippen LogP contribution in [0.25, 0.3) is 0 Å². The van der Waals surface area contributed by atoms with Crippen LogP contribution in [0.3, 0.4) is 0 Å². The molecule has 0 amide bonds. The quantitative estimate of drug-likeness (QED) is 0.628. The number of aromatic nitrogens is 1. The highest BCUT2D eigenvalue weighted by Crippen LogP contribution is 2.47. The Kier molecular flexibility index (Phi) is 4.70. The molecule has 3 nitrogen and oxygen atoms in total. The zero-order chi connectivity index (χ0) is 15.5. The molecule has 0 aromatic carbocycles. The van der Waals surface area contributed by atoms with Crippen LogP contribution in [-0.4, -0.2) is 23.5 Å². The summed E-state index contributed by atoms with van der Waals surface area (Å²) in [7, 11) is 0. The molecular weight excluding hydrogens is 276 g/mol. The molecule has 0 N–H and O–H groups in total. The largest absolute Gasteiger partial charge is 0.463 e. The van der Waals surface area contributed by atoms with E-state index in [9.17, 15) is 13.6 Å². The van der Waals surface area contributed by atoms with E-state index in [0.717, 1.165) is 5.57 Å². The van der Waals surface area contributed by atoms with Gasteiger partial charge in [0, 0.05) is 24.4 Å². The first-order valence-electron chi connectivity index (χ1n) is 7.09. The van der Waals surface area contributed by atoms with Crippen LogP contribution < -0.4 is 0 Å². The molecular formula is C16H19F2NO2. The number of rotatable bonds is 3. The molecule has 21 heavy (non-hydrogen) atoms. The summed E-state index contributed by atoms with van der Waals surface area (Å²) in [4.78, 5) is 15.6. The maximum atomic E-state index is 14.2. The summed E-state index contributed by atoms with van der Waals surface area (Å²) in [5, 5.41) is 0. The molecule has 0 saturated heterocycles. The van der Waals surface area contributed by atoms with Gasteiger partial charge >= 0.3 is 5.97 Å². The Morgan fingerprint density at radius 2 is 2.10 bits per heavy atom. The van der Waals surface area contributed by atoms with E-state index in [1.807, 2.05) is 0 Å². The number of alkyl halides is 2. The molecule has 1 aromatic heterocycles. The second-order valence-corrected chi connectivity index (χ2v) is 5.25. The van der Waals surface area contributed by atoms with Crippen LogP contribution >= 0.6 is 0 Å². The van der Waals surface area contributed by atoms with Crippen LogP contribution in [0.1, 0.15) is 44.6 Å². The van der Waals surface area contributed by atoms with E-state index in [0.29, 0.717) is 11.1 Å². The first-order chi connectivity index (χ1) is 9.95. The van der Waals surface area contributed by atoms with Crippen molar-refractivity contribution in [3.63, 3.8) is 0 Å². The SMILES string of the molecule is CCOC(=O)/C(C)=C1\CCC(F)(F)C(c2ccncc2)C1. The third-order valence-corrected chi connectivity index (χ3v) is 3.94. The highest BCUT2D eigenvalue weighted by molar-refractivity contribution is 5.88. The van der Waals surface area contributed by atoms with E-state index in [1.165, 1.54) is 12.4 Å². The van der Waals surface area contributed by atoms with Gasteiger partial charge in [-0.15, -0.1) is 0 Å². The lowest BCUT2D eigenvalue weighted by atomic mass is 9.77. The molecule has 2 rings (SSSR count). The molecule has 1 aliphatic carbocycles. The molecule has 0 radical (unpaired) electrons.